The largest absolute Gasteiger partial charge is 0.368 e. The van der Waals surface area contributed by atoms with Crippen LogP contribution in [0.15, 0.2) is 66.7 Å². The molecule has 8 heteroatoms. The number of nitrogens with zero attached hydrogens (tertiary/aromatic N) is 3. The van der Waals surface area contributed by atoms with Gasteiger partial charge in [0.05, 0.1) is 5.39 Å². The zero-order chi connectivity index (χ0) is 27.4. The number of nitrogens with one attached hydrogen (secondary N) is 3. The van der Waals surface area contributed by atoms with E-state index in [1.807, 2.05) is 41.3 Å². The highest BCUT2D eigenvalue weighted by molar-refractivity contribution is 6.00. The molecule has 39 heavy (non-hydrogen) atoms. The van der Waals surface area contributed by atoms with Crippen LogP contribution in [0.25, 0.3) is 22.4 Å². The average Bonchev–Trinajstić information content (AvgIpc) is 3.40. The maximum Gasteiger partial charge on any atom is 0.270 e. The molecule has 1 fully saturated rings. The van der Waals surface area contributed by atoms with Crippen LogP contribution in [-0.2, 0) is 10.2 Å². The number of piperidine rings is 1. The Morgan fingerprint density at radius 2 is 1.64 bits per heavy atom. The zero-order valence-electron chi connectivity index (χ0n) is 22.8. The number of hydrogen-bond donors (Lipinski definition) is 3. The molecule has 202 valence electrons. The minimum Gasteiger partial charge on any atom is -0.368 e. The van der Waals surface area contributed by atoms with Crippen LogP contribution in [0.2, 0.25) is 0 Å². The Balaban J connectivity index is 1.40. The van der Waals surface area contributed by atoms with E-state index in [0.29, 0.717) is 55.1 Å². The molecule has 2 aromatic carbocycles. The molecular formula is C31H36N6O2. The van der Waals surface area contributed by atoms with Gasteiger partial charge in [0, 0.05) is 44.1 Å². The first-order valence-electron chi connectivity index (χ1n) is 13.7. The Bertz CT molecular complexity index is 1440. The minimum absolute atomic E-state index is 0.0242. The number of benzene rings is 2. The molecular weight excluding hydrogens is 488 g/mol. The summed E-state index contributed by atoms with van der Waals surface area (Å²) in [5, 5.41) is 6.85. The van der Waals surface area contributed by atoms with Gasteiger partial charge in [-0.25, -0.2) is 9.97 Å². The second-order valence-corrected chi connectivity index (χ2v) is 10.6. The van der Waals surface area contributed by atoms with Crippen molar-refractivity contribution in [1.29, 1.82) is 0 Å². The first-order valence-corrected chi connectivity index (χ1v) is 13.7. The number of anilines is 1. The number of rotatable bonds is 8. The molecule has 0 unspecified atom stereocenters. The molecule has 1 aliphatic rings. The quantitative estimate of drug-likeness (QED) is 0.282. The fourth-order valence-corrected chi connectivity index (χ4v) is 5.64. The predicted molar refractivity (Wildman–Crippen MR) is 155 cm³/mol. The number of carbonyl (C=O) groups excluding carboxylic acids is 2. The van der Waals surface area contributed by atoms with E-state index in [0.717, 1.165) is 23.8 Å². The van der Waals surface area contributed by atoms with E-state index in [2.05, 4.69) is 59.8 Å². The van der Waals surface area contributed by atoms with Crippen LogP contribution in [0.1, 0.15) is 49.7 Å². The number of H-pyrrole nitrogens is 1. The maximum absolute atomic E-state index is 13.7. The molecule has 2 amide bonds. The second kappa shape index (κ2) is 11.3. The summed E-state index contributed by atoms with van der Waals surface area (Å²) in [5.41, 5.74) is 3.42. The van der Waals surface area contributed by atoms with E-state index in [9.17, 15) is 9.59 Å². The summed E-state index contributed by atoms with van der Waals surface area (Å²) in [4.78, 5) is 39.7. The lowest BCUT2D eigenvalue weighted by atomic mass is 9.65. The molecule has 0 bridgehead atoms. The van der Waals surface area contributed by atoms with Crippen LogP contribution in [0.3, 0.4) is 0 Å². The lowest BCUT2D eigenvalue weighted by molar-refractivity contribution is -0.118. The van der Waals surface area contributed by atoms with Crippen molar-refractivity contribution in [3.05, 3.63) is 78.0 Å². The Morgan fingerprint density at radius 1 is 0.974 bits per heavy atom. The molecule has 5 rings (SSSR count). The molecule has 1 saturated heterocycles. The van der Waals surface area contributed by atoms with Crippen molar-refractivity contribution < 1.29 is 9.59 Å². The summed E-state index contributed by atoms with van der Waals surface area (Å²) < 4.78 is 0. The van der Waals surface area contributed by atoms with Gasteiger partial charge in [-0.2, -0.15) is 0 Å². The van der Waals surface area contributed by atoms with Crippen molar-refractivity contribution >= 4 is 28.7 Å². The fraction of sp³-hybridized carbons (Fsp3) is 0.355. The third kappa shape index (κ3) is 5.50. The molecule has 0 radical (unpaired) electrons. The molecule has 4 aromatic rings. The van der Waals surface area contributed by atoms with Gasteiger partial charge in [0.25, 0.3) is 5.91 Å². The van der Waals surface area contributed by atoms with Crippen molar-refractivity contribution in [2.24, 2.45) is 5.92 Å². The average molecular weight is 525 g/mol. The Labute approximate surface area is 229 Å². The van der Waals surface area contributed by atoms with Crippen LogP contribution in [0.4, 0.5) is 5.82 Å². The number of carbonyl (C=O) groups is 2. The number of amides is 2. The van der Waals surface area contributed by atoms with Gasteiger partial charge in [-0.15, -0.1) is 0 Å². The van der Waals surface area contributed by atoms with E-state index in [-0.39, 0.29) is 17.2 Å². The third-order valence-corrected chi connectivity index (χ3v) is 7.94. The molecule has 1 aliphatic heterocycles. The summed E-state index contributed by atoms with van der Waals surface area (Å²) in [5.74, 6) is 1.56. The monoisotopic (exact) mass is 524 g/mol. The third-order valence-electron chi connectivity index (χ3n) is 7.94. The van der Waals surface area contributed by atoms with Gasteiger partial charge in [0.1, 0.15) is 17.2 Å². The highest BCUT2D eigenvalue weighted by Gasteiger charge is 2.40. The number of hydrogen-bond acceptors (Lipinski definition) is 5. The van der Waals surface area contributed by atoms with Gasteiger partial charge in [0.15, 0.2) is 5.82 Å². The second-order valence-electron chi connectivity index (χ2n) is 10.6. The number of aromatic nitrogens is 3. The van der Waals surface area contributed by atoms with Crippen molar-refractivity contribution in [2.45, 2.75) is 39.0 Å². The lowest BCUT2D eigenvalue weighted by Crippen LogP contribution is -2.47. The first-order chi connectivity index (χ1) is 18.9. The van der Waals surface area contributed by atoms with Crippen molar-refractivity contribution in [3.63, 3.8) is 0 Å². The van der Waals surface area contributed by atoms with Crippen LogP contribution in [-0.4, -0.2) is 57.8 Å². The van der Waals surface area contributed by atoms with Crippen LogP contribution < -0.4 is 10.6 Å². The van der Waals surface area contributed by atoms with E-state index in [1.165, 1.54) is 12.5 Å². The van der Waals surface area contributed by atoms with Crippen LogP contribution in [0.5, 0.6) is 0 Å². The normalized spacial score (nSPS) is 14.9. The van der Waals surface area contributed by atoms with Gasteiger partial charge in [-0.3, -0.25) is 9.59 Å². The molecule has 0 aliphatic carbocycles. The van der Waals surface area contributed by atoms with Crippen molar-refractivity contribution in [3.8, 4) is 11.4 Å². The number of fused-ring (bicyclic) bond motifs is 1. The van der Waals surface area contributed by atoms with E-state index < -0.39 is 0 Å². The lowest BCUT2D eigenvalue weighted by Gasteiger charge is -2.45. The first kappa shape index (κ1) is 26.4. The summed E-state index contributed by atoms with van der Waals surface area (Å²) in [7, 11) is 0. The highest BCUT2D eigenvalue weighted by Crippen LogP contribution is 2.42. The van der Waals surface area contributed by atoms with Gasteiger partial charge >= 0.3 is 0 Å². The Kier molecular flexibility index (Phi) is 7.63. The molecule has 8 nitrogen and oxygen atoms in total. The van der Waals surface area contributed by atoms with E-state index >= 15 is 0 Å². The Hall–Kier alpha value is -4.20. The van der Waals surface area contributed by atoms with Gasteiger partial charge in [0.2, 0.25) is 5.91 Å². The zero-order valence-corrected chi connectivity index (χ0v) is 22.8. The standard InChI is InChI=1S/C31H36N6O2/c1-21(2)31(24-12-8-5-9-13-24)14-18-37(19-15-31)30(39)26-20-25-28(33-17-16-32-22(3)38)35-27(36-29(25)34-26)23-10-6-4-7-11-23/h4-13,20-21H,14-19H2,1-3H3,(H,32,38)(H2,33,34,35,36). The van der Waals surface area contributed by atoms with Gasteiger partial charge in [-0.05, 0) is 30.4 Å². The van der Waals surface area contributed by atoms with Crippen molar-refractivity contribution in [1.82, 2.24) is 25.2 Å². The number of likely N-dealkylation sites (tertiary alicyclic amines) is 1. The van der Waals surface area contributed by atoms with Crippen molar-refractivity contribution in [2.75, 3.05) is 31.5 Å². The summed E-state index contributed by atoms with van der Waals surface area (Å²) >= 11 is 0. The maximum atomic E-state index is 13.7. The molecule has 0 atom stereocenters. The number of aromatic amines is 1. The summed E-state index contributed by atoms with van der Waals surface area (Å²) in [6, 6.07) is 22.3. The van der Waals surface area contributed by atoms with Crippen LogP contribution >= 0.6 is 0 Å². The van der Waals surface area contributed by atoms with Gasteiger partial charge in [-0.1, -0.05) is 74.5 Å². The summed E-state index contributed by atoms with van der Waals surface area (Å²) in [6.45, 7) is 8.42. The fourth-order valence-electron chi connectivity index (χ4n) is 5.64. The Morgan fingerprint density at radius 3 is 2.28 bits per heavy atom. The van der Waals surface area contributed by atoms with Crippen LogP contribution in [0, 0.1) is 5.92 Å². The topological polar surface area (TPSA) is 103 Å². The van der Waals surface area contributed by atoms with E-state index in [4.69, 9.17) is 9.97 Å². The SMILES string of the molecule is CC(=O)NCCNc1nc(-c2ccccc2)nc2[nH]c(C(=O)N3CCC(c4ccccc4)(C(C)C)CC3)cc12. The smallest absolute Gasteiger partial charge is 0.270 e. The molecule has 0 spiro atoms. The predicted octanol–water partition coefficient (Wildman–Crippen LogP) is 5.00. The molecule has 3 N–H and O–H groups in total. The summed E-state index contributed by atoms with van der Waals surface area (Å²) in [6.07, 6.45) is 1.85. The molecule has 3 heterocycles. The molecule has 2 aromatic heterocycles. The van der Waals surface area contributed by atoms with Gasteiger partial charge < -0.3 is 20.5 Å². The molecule has 0 saturated carbocycles. The van der Waals surface area contributed by atoms with E-state index in [1.54, 1.807) is 0 Å². The highest BCUT2D eigenvalue weighted by atomic mass is 16.2. The minimum atomic E-state index is -0.0839.